The SMILES string of the molecule is CCOc1ccccc1/C=N/NC(=O)CNC(=O)c1ccc2c(c1)OCO2. The topological polar surface area (TPSA) is 98.2 Å². The highest BCUT2D eigenvalue weighted by molar-refractivity contribution is 5.97. The highest BCUT2D eigenvalue weighted by Crippen LogP contribution is 2.32. The molecule has 2 N–H and O–H groups in total. The van der Waals surface area contributed by atoms with Gasteiger partial charge in [0.05, 0.1) is 19.4 Å². The van der Waals surface area contributed by atoms with Crippen LogP contribution in [0.4, 0.5) is 0 Å². The molecule has 2 aromatic carbocycles. The number of nitrogens with zero attached hydrogens (tertiary/aromatic N) is 1. The number of fused-ring (bicyclic) bond motifs is 1. The summed E-state index contributed by atoms with van der Waals surface area (Å²) in [6, 6.07) is 12.2. The highest BCUT2D eigenvalue weighted by Gasteiger charge is 2.16. The van der Waals surface area contributed by atoms with Crippen LogP contribution in [-0.4, -0.2) is 38.0 Å². The zero-order valence-electron chi connectivity index (χ0n) is 14.7. The average molecular weight is 369 g/mol. The summed E-state index contributed by atoms with van der Waals surface area (Å²) in [5.41, 5.74) is 3.48. The van der Waals surface area contributed by atoms with E-state index in [1.807, 2.05) is 31.2 Å². The lowest BCUT2D eigenvalue weighted by Gasteiger charge is -2.06. The Morgan fingerprint density at radius 1 is 1.19 bits per heavy atom. The molecular weight excluding hydrogens is 350 g/mol. The first-order valence-electron chi connectivity index (χ1n) is 8.39. The Hall–Kier alpha value is -3.55. The molecule has 0 bridgehead atoms. The van der Waals surface area contributed by atoms with Gasteiger partial charge in [-0.25, -0.2) is 5.43 Å². The molecule has 0 unspecified atom stereocenters. The number of hydrazone groups is 1. The van der Waals surface area contributed by atoms with Crippen LogP contribution in [0.15, 0.2) is 47.6 Å². The van der Waals surface area contributed by atoms with Gasteiger partial charge in [-0.15, -0.1) is 0 Å². The van der Waals surface area contributed by atoms with E-state index in [1.165, 1.54) is 6.21 Å². The van der Waals surface area contributed by atoms with Crippen LogP contribution in [0.1, 0.15) is 22.8 Å². The van der Waals surface area contributed by atoms with Gasteiger partial charge < -0.3 is 19.5 Å². The van der Waals surface area contributed by atoms with E-state index >= 15 is 0 Å². The fourth-order valence-electron chi connectivity index (χ4n) is 2.39. The Labute approximate surface area is 156 Å². The molecule has 0 saturated carbocycles. The number of para-hydroxylation sites is 1. The molecule has 8 heteroatoms. The minimum Gasteiger partial charge on any atom is -0.493 e. The third-order valence-corrected chi connectivity index (χ3v) is 3.66. The van der Waals surface area contributed by atoms with Crippen molar-refractivity contribution in [3.05, 3.63) is 53.6 Å². The van der Waals surface area contributed by atoms with Crippen LogP contribution in [0.3, 0.4) is 0 Å². The van der Waals surface area contributed by atoms with Crippen LogP contribution in [0.2, 0.25) is 0 Å². The molecule has 1 aliphatic heterocycles. The van der Waals surface area contributed by atoms with Gasteiger partial charge in [0.15, 0.2) is 11.5 Å². The maximum atomic E-state index is 12.1. The number of amides is 2. The second kappa shape index (κ2) is 8.70. The molecule has 1 heterocycles. The summed E-state index contributed by atoms with van der Waals surface area (Å²) in [7, 11) is 0. The predicted octanol–water partition coefficient (Wildman–Crippen LogP) is 1.69. The molecule has 27 heavy (non-hydrogen) atoms. The van der Waals surface area contributed by atoms with Crippen LogP contribution in [0.5, 0.6) is 17.2 Å². The number of ether oxygens (including phenoxy) is 3. The normalized spacial score (nSPS) is 12.0. The van der Waals surface area contributed by atoms with Gasteiger partial charge in [0.25, 0.3) is 11.8 Å². The van der Waals surface area contributed by atoms with Crippen molar-refractivity contribution >= 4 is 18.0 Å². The maximum Gasteiger partial charge on any atom is 0.259 e. The van der Waals surface area contributed by atoms with Gasteiger partial charge in [0.1, 0.15) is 5.75 Å². The van der Waals surface area contributed by atoms with Crippen LogP contribution in [-0.2, 0) is 4.79 Å². The molecule has 0 radical (unpaired) electrons. The van der Waals surface area contributed by atoms with Crippen molar-refractivity contribution in [3.63, 3.8) is 0 Å². The minimum absolute atomic E-state index is 0.132. The first kappa shape index (κ1) is 18.2. The molecule has 0 aromatic heterocycles. The van der Waals surface area contributed by atoms with Gasteiger partial charge in [-0.2, -0.15) is 5.10 Å². The Kier molecular flexibility index (Phi) is 5.88. The third-order valence-electron chi connectivity index (χ3n) is 3.66. The fourth-order valence-corrected chi connectivity index (χ4v) is 2.39. The second-order valence-electron chi connectivity index (χ2n) is 5.51. The molecule has 0 saturated heterocycles. The monoisotopic (exact) mass is 369 g/mol. The molecule has 3 rings (SSSR count). The number of rotatable bonds is 7. The van der Waals surface area contributed by atoms with Crippen LogP contribution in [0, 0.1) is 0 Å². The highest BCUT2D eigenvalue weighted by atomic mass is 16.7. The molecule has 0 spiro atoms. The molecule has 0 fully saturated rings. The fraction of sp³-hybridized carbons (Fsp3) is 0.211. The summed E-state index contributed by atoms with van der Waals surface area (Å²) in [4.78, 5) is 24.0. The number of carbonyl (C=O) groups is 2. The van der Waals surface area contributed by atoms with Gasteiger partial charge in [-0.1, -0.05) is 12.1 Å². The van der Waals surface area contributed by atoms with Crippen molar-refractivity contribution in [2.45, 2.75) is 6.92 Å². The van der Waals surface area contributed by atoms with E-state index in [4.69, 9.17) is 14.2 Å². The van der Waals surface area contributed by atoms with Crippen molar-refractivity contribution in [3.8, 4) is 17.2 Å². The Morgan fingerprint density at radius 2 is 2.00 bits per heavy atom. The standard InChI is InChI=1S/C19H19N3O5/c1-2-25-15-6-4-3-5-14(15)10-21-22-18(23)11-20-19(24)13-7-8-16-17(9-13)27-12-26-16/h3-10H,2,11-12H2,1H3,(H,20,24)(H,22,23)/b21-10+. The van der Waals surface area contributed by atoms with E-state index in [0.29, 0.717) is 29.4 Å². The van der Waals surface area contributed by atoms with E-state index in [2.05, 4.69) is 15.8 Å². The minimum atomic E-state index is -0.450. The Balaban J connectivity index is 1.49. The van der Waals surface area contributed by atoms with Gasteiger partial charge in [-0.05, 0) is 37.3 Å². The summed E-state index contributed by atoms with van der Waals surface area (Å²) < 4.78 is 15.9. The Morgan fingerprint density at radius 3 is 2.85 bits per heavy atom. The third kappa shape index (κ3) is 4.75. The van der Waals surface area contributed by atoms with Crippen LogP contribution < -0.4 is 25.0 Å². The van der Waals surface area contributed by atoms with Crippen molar-refractivity contribution in [1.82, 2.24) is 10.7 Å². The predicted molar refractivity (Wildman–Crippen MR) is 98.2 cm³/mol. The molecule has 1 aliphatic rings. The molecule has 0 atom stereocenters. The lowest BCUT2D eigenvalue weighted by Crippen LogP contribution is -2.34. The van der Waals surface area contributed by atoms with Crippen LogP contribution >= 0.6 is 0 Å². The largest absolute Gasteiger partial charge is 0.493 e. The van der Waals surface area contributed by atoms with Crippen molar-refractivity contribution in [2.24, 2.45) is 5.10 Å². The van der Waals surface area contributed by atoms with Crippen molar-refractivity contribution in [2.75, 3.05) is 19.9 Å². The zero-order chi connectivity index (χ0) is 19.1. The summed E-state index contributed by atoms with van der Waals surface area (Å²) in [6.45, 7) is 2.34. The summed E-state index contributed by atoms with van der Waals surface area (Å²) in [5.74, 6) is 0.924. The van der Waals surface area contributed by atoms with Gasteiger partial charge in [-0.3, -0.25) is 9.59 Å². The van der Waals surface area contributed by atoms with Gasteiger partial charge >= 0.3 is 0 Å². The first-order chi connectivity index (χ1) is 13.2. The van der Waals surface area contributed by atoms with Crippen molar-refractivity contribution in [1.29, 1.82) is 0 Å². The zero-order valence-corrected chi connectivity index (χ0v) is 14.7. The van der Waals surface area contributed by atoms with E-state index in [1.54, 1.807) is 18.2 Å². The lowest BCUT2D eigenvalue weighted by atomic mass is 10.2. The molecule has 140 valence electrons. The summed E-state index contributed by atoms with van der Waals surface area (Å²) in [5, 5.41) is 6.41. The number of carbonyl (C=O) groups excluding carboxylic acids is 2. The molecule has 2 amide bonds. The first-order valence-corrected chi connectivity index (χ1v) is 8.39. The van der Waals surface area contributed by atoms with E-state index in [9.17, 15) is 9.59 Å². The number of benzene rings is 2. The smallest absolute Gasteiger partial charge is 0.259 e. The number of hydrogen-bond acceptors (Lipinski definition) is 6. The molecule has 2 aromatic rings. The quantitative estimate of drug-likeness (QED) is 0.572. The number of hydrogen-bond donors (Lipinski definition) is 2. The lowest BCUT2D eigenvalue weighted by molar-refractivity contribution is -0.120. The maximum absolute atomic E-state index is 12.1. The van der Waals surface area contributed by atoms with Gasteiger partial charge in [0.2, 0.25) is 6.79 Å². The molecular formula is C19H19N3O5. The van der Waals surface area contributed by atoms with E-state index in [0.717, 1.165) is 5.56 Å². The second-order valence-corrected chi connectivity index (χ2v) is 5.51. The average Bonchev–Trinajstić information content (AvgIpc) is 3.15. The van der Waals surface area contributed by atoms with E-state index < -0.39 is 11.8 Å². The summed E-state index contributed by atoms with van der Waals surface area (Å²) >= 11 is 0. The van der Waals surface area contributed by atoms with Gasteiger partial charge in [0, 0.05) is 11.1 Å². The van der Waals surface area contributed by atoms with E-state index in [-0.39, 0.29) is 13.3 Å². The van der Waals surface area contributed by atoms with Crippen LogP contribution in [0.25, 0.3) is 0 Å². The van der Waals surface area contributed by atoms with Crippen molar-refractivity contribution < 1.29 is 23.8 Å². The molecule has 0 aliphatic carbocycles. The summed E-state index contributed by atoms with van der Waals surface area (Å²) in [6.07, 6.45) is 1.49. The molecule has 8 nitrogen and oxygen atoms in total. The Bertz CT molecular complexity index is 866. The number of nitrogens with one attached hydrogen (secondary N) is 2.